The molecular formula is C45H52Cl2Ti. The number of allylic oxidation sites excluding steroid dienone is 4. The van der Waals surface area contributed by atoms with Gasteiger partial charge in [0.15, 0.2) is 0 Å². The van der Waals surface area contributed by atoms with Crippen molar-refractivity contribution in [1.29, 1.82) is 0 Å². The predicted octanol–water partition coefficient (Wildman–Crippen LogP) is 11.1. The molecular weight excluding hydrogens is 659 g/mol. The summed E-state index contributed by atoms with van der Waals surface area (Å²) >= 11 is -4.41. The Morgan fingerprint density at radius 3 is 1.69 bits per heavy atom. The van der Waals surface area contributed by atoms with E-state index in [2.05, 4.69) is 111 Å². The van der Waals surface area contributed by atoms with Crippen molar-refractivity contribution in [3.63, 3.8) is 0 Å². The molecule has 4 aromatic rings. The van der Waals surface area contributed by atoms with Crippen molar-refractivity contribution in [2.45, 2.75) is 103 Å². The van der Waals surface area contributed by atoms with Crippen LogP contribution in [0.4, 0.5) is 0 Å². The average molecular weight is 712 g/mol. The molecule has 48 heavy (non-hydrogen) atoms. The summed E-state index contributed by atoms with van der Waals surface area (Å²) in [5.41, 5.74) is 11.9. The molecule has 2 saturated carbocycles. The summed E-state index contributed by atoms with van der Waals surface area (Å²) in [6.07, 6.45) is 22.7. The Labute approximate surface area is 302 Å². The van der Waals surface area contributed by atoms with Crippen LogP contribution in [0.2, 0.25) is 0 Å². The fraction of sp³-hybridized carbons (Fsp3) is 0.356. The van der Waals surface area contributed by atoms with Crippen LogP contribution in [-0.2, 0) is 21.3 Å². The molecule has 0 heterocycles. The predicted molar refractivity (Wildman–Crippen MR) is 211 cm³/mol. The van der Waals surface area contributed by atoms with Crippen LogP contribution in [0.5, 0.6) is 0 Å². The number of fused-ring (bicyclic) bond motifs is 3. The molecule has 0 aliphatic heterocycles. The van der Waals surface area contributed by atoms with Crippen LogP contribution >= 0.6 is 24.8 Å². The zero-order valence-electron chi connectivity index (χ0n) is 28.9. The Morgan fingerprint density at radius 2 is 1.15 bits per heavy atom. The number of aryl methyl sites for hydroxylation is 2. The molecule has 250 valence electrons. The molecule has 0 amide bonds. The molecule has 2 fully saturated rings. The van der Waals surface area contributed by atoms with E-state index in [1.807, 2.05) is 0 Å². The minimum atomic E-state index is -4.41. The summed E-state index contributed by atoms with van der Waals surface area (Å²) in [6.45, 7) is 4.44. The van der Waals surface area contributed by atoms with Gasteiger partial charge in [-0.05, 0) is 0 Å². The van der Waals surface area contributed by atoms with Crippen LogP contribution in [0.1, 0.15) is 116 Å². The van der Waals surface area contributed by atoms with Crippen LogP contribution in [0.25, 0.3) is 11.1 Å². The molecule has 4 aliphatic carbocycles. The number of benzene rings is 4. The second-order valence-electron chi connectivity index (χ2n) is 15.4. The van der Waals surface area contributed by atoms with Gasteiger partial charge in [-0.15, -0.1) is 24.8 Å². The zero-order chi connectivity index (χ0) is 31.3. The van der Waals surface area contributed by atoms with Gasteiger partial charge in [-0.2, -0.15) is 0 Å². The zero-order valence-corrected chi connectivity index (χ0v) is 32.1. The Hall–Kier alpha value is -2.48. The molecule has 0 nitrogen and oxygen atoms in total. The van der Waals surface area contributed by atoms with E-state index in [-0.39, 0.29) is 24.8 Å². The van der Waals surface area contributed by atoms with Crippen LogP contribution in [-0.4, -0.2) is 4.82 Å². The monoisotopic (exact) mass is 710 g/mol. The summed E-state index contributed by atoms with van der Waals surface area (Å²) in [5.74, 6) is 1.36. The second-order valence-corrected chi connectivity index (χ2v) is 23.6. The molecule has 4 aromatic carbocycles. The summed E-state index contributed by atoms with van der Waals surface area (Å²) < 4.78 is 6.08. The third kappa shape index (κ3) is 5.70. The Morgan fingerprint density at radius 1 is 0.604 bits per heavy atom. The fourth-order valence-electron chi connectivity index (χ4n) is 9.89. The van der Waals surface area contributed by atoms with E-state index in [4.69, 9.17) is 4.82 Å². The maximum atomic E-state index is 5.75. The van der Waals surface area contributed by atoms with Gasteiger partial charge in [-0.1, -0.05) is 0 Å². The van der Waals surface area contributed by atoms with Crippen molar-refractivity contribution < 1.29 is 14.8 Å². The summed E-state index contributed by atoms with van der Waals surface area (Å²) in [4.78, 5) is 5.75. The van der Waals surface area contributed by atoms with Crippen molar-refractivity contribution in [1.82, 2.24) is 0 Å². The number of halogens is 2. The normalized spacial score (nSPS) is 18.0. The third-order valence-corrected chi connectivity index (χ3v) is 23.0. The number of rotatable bonds is 6. The van der Waals surface area contributed by atoms with Gasteiger partial charge in [0.25, 0.3) is 0 Å². The molecule has 0 bridgehead atoms. The van der Waals surface area contributed by atoms with Crippen molar-refractivity contribution in [2.75, 3.05) is 0 Å². The van der Waals surface area contributed by atoms with Gasteiger partial charge in [-0.25, -0.2) is 0 Å². The first-order valence-corrected chi connectivity index (χ1v) is 22.5. The summed E-state index contributed by atoms with van der Waals surface area (Å²) in [5, 5.41) is 0. The third-order valence-electron chi connectivity index (χ3n) is 12.7. The van der Waals surface area contributed by atoms with Gasteiger partial charge in [0.2, 0.25) is 0 Å². The topological polar surface area (TPSA) is 0 Å². The summed E-state index contributed by atoms with van der Waals surface area (Å²) in [7, 11) is 0. The fourth-order valence-corrected chi connectivity index (χ4v) is 19.7. The van der Waals surface area contributed by atoms with Crippen LogP contribution < -0.4 is 11.6 Å². The average Bonchev–Trinajstić information content (AvgIpc) is 3.78. The molecule has 0 unspecified atom stereocenters. The molecule has 3 heteroatoms. The van der Waals surface area contributed by atoms with Gasteiger partial charge < -0.3 is 0 Å². The molecule has 0 N–H and O–H groups in total. The van der Waals surface area contributed by atoms with E-state index in [1.54, 1.807) is 24.4 Å². The van der Waals surface area contributed by atoms with Crippen molar-refractivity contribution in [2.24, 2.45) is 0 Å². The maximum absolute atomic E-state index is 5.75. The van der Waals surface area contributed by atoms with E-state index >= 15 is 0 Å². The van der Waals surface area contributed by atoms with Crippen molar-refractivity contribution in [3.05, 3.63) is 134 Å². The van der Waals surface area contributed by atoms with Crippen molar-refractivity contribution >= 4 is 41.2 Å². The first kappa shape index (κ1) is 35.4. The number of hydrogen-bond acceptors (Lipinski definition) is 0. The van der Waals surface area contributed by atoms with E-state index in [0.29, 0.717) is 5.92 Å². The first-order valence-electron chi connectivity index (χ1n) is 18.3. The molecule has 0 spiro atoms. The summed E-state index contributed by atoms with van der Waals surface area (Å²) in [6, 6.07) is 32.2. The number of hydrogen-bond donors (Lipinski definition) is 0. The molecule has 0 atom stereocenters. The van der Waals surface area contributed by atoms with Crippen LogP contribution in [0.3, 0.4) is 0 Å². The van der Waals surface area contributed by atoms with E-state index in [9.17, 15) is 0 Å². The minimum absolute atomic E-state index is 0. The van der Waals surface area contributed by atoms with E-state index in [1.165, 1.54) is 99.8 Å². The Balaban J connectivity index is 0.00000201. The van der Waals surface area contributed by atoms with Crippen LogP contribution in [0, 0.1) is 13.8 Å². The van der Waals surface area contributed by atoms with E-state index < -0.39 is 14.8 Å². The molecule has 4 aliphatic rings. The van der Waals surface area contributed by atoms with Gasteiger partial charge in [0, 0.05) is 0 Å². The van der Waals surface area contributed by atoms with Gasteiger partial charge >= 0.3 is 279 Å². The first-order chi connectivity index (χ1) is 22.4. The quantitative estimate of drug-likeness (QED) is 0.154. The van der Waals surface area contributed by atoms with Crippen LogP contribution in [0.15, 0.2) is 101 Å². The SMILES string of the molecule is Cl.Cl.[CH2]=[Ti]([C]1=CC=CC1)([c]1ccc(C)cc1)([c]1ccc(C)cc1)[c]1cc(C2CCCCC2)cc2c1Cc1ccc(C3CCCCC3)cc1-2. The van der Waals surface area contributed by atoms with Gasteiger partial charge in [-0.3, -0.25) is 0 Å². The second kappa shape index (κ2) is 14.0. The van der Waals surface area contributed by atoms with Crippen molar-refractivity contribution in [3.8, 4) is 11.1 Å². The molecule has 0 aromatic heterocycles. The Kier molecular flexibility index (Phi) is 10.3. The molecule has 0 saturated heterocycles. The standard InChI is InChI=1S/C25H29.2C7H7.C5H5.CH2.2ClH.Ti/c1-3-7-18(8-4-1)20-11-13-22-15-23-14-12-21(17-25(23)24(22)16-20)19-9-5-2-6-10-19;2*1-7-5-3-2-4-6-7;1-2-4-5-3-1;;;;/h11-13,16-19H,1-10,15H2;2*3-6H,1H3;1-3H,4H2;1H2;2*1H;. The van der Waals surface area contributed by atoms with Gasteiger partial charge in [0.05, 0.1) is 0 Å². The van der Waals surface area contributed by atoms with Gasteiger partial charge in [0.1, 0.15) is 0 Å². The molecule has 0 radical (unpaired) electrons. The van der Waals surface area contributed by atoms with E-state index in [0.717, 1.165) is 18.8 Å². The molecule has 8 rings (SSSR count). The Bertz CT molecular complexity index is 1860.